The van der Waals surface area contributed by atoms with Gasteiger partial charge < -0.3 is 10.1 Å². The molecule has 0 saturated carbocycles. The number of ether oxygens (including phenoxy) is 1. The molecule has 0 bridgehead atoms. The van der Waals surface area contributed by atoms with Gasteiger partial charge in [-0.15, -0.1) is 0 Å². The molecule has 0 radical (unpaired) electrons. The lowest BCUT2D eigenvalue weighted by atomic mass is 10.1. The Kier molecular flexibility index (Phi) is 6.21. The highest BCUT2D eigenvalue weighted by Crippen LogP contribution is 2.26. The van der Waals surface area contributed by atoms with Crippen molar-refractivity contribution in [2.24, 2.45) is 0 Å². The summed E-state index contributed by atoms with van der Waals surface area (Å²) in [4.78, 5) is 25.4. The lowest BCUT2D eigenvalue weighted by molar-refractivity contribution is -0.154. The smallest absolute Gasteiger partial charge is 0.396 e. The second kappa shape index (κ2) is 8.15. The van der Waals surface area contributed by atoms with Crippen molar-refractivity contribution in [1.82, 2.24) is 10.2 Å². The minimum atomic E-state index is -0.839. The molecule has 1 N–H and O–H groups in total. The van der Waals surface area contributed by atoms with Gasteiger partial charge in [-0.05, 0) is 50.6 Å². The number of halogens is 1. The van der Waals surface area contributed by atoms with E-state index in [0.29, 0.717) is 11.6 Å². The number of nitrogens with one attached hydrogen (secondary N) is 1. The lowest BCUT2D eigenvalue weighted by Crippen LogP contribution is -2.40. The molecule has 5 nitrogen and oxygen atoms in total. The highest BCUT2D eigenvalue weighted by Gasteiger charge is 2.25. The molecule has 2 rings (SSSR count). The Bertz CT molecular complexity index is 530. The Morgan fingerprint density at radius 2 is 2.09 bits per heavy atom. The van der Waals surface area contributed by atoms with Crippen molar-refractivity contribution in [2.75, 3.05) is 26.2 Å². The van der Waals surface area contributed by atoms with Gasteiger partial charge in [-0.25, -0.2) is 4.79 Å². The third kappa shape index (κ3) is 4.45. The lowest BCUT2D eigenvalue weighted by Gasteiger charge is -2.28. The Hall–Kier alpha value is -1.59. The molecule has 0 aliphatic carbocycles. The van der Waals surface area contributed by atoms with E-state index >= 15 is 0 Å². The number of esters is 1. The van der Waals surface area contributed by atoms with Gasteiger partial charge in [-0.1, -0.05) is 23.7 Å². The van der Waals surface area contributed by atoms with E-state index in [-0.39, 0.29) is 12.6 Å². The van der Waals surface area contributed by atoms with E-state index in [1.165, 1.54) is 0 Å². The summed E-state index contributed by atoms with van der Waals surface area (Å²) in [6, 6.07) is 7.63. The van der Waals surface area contributed by atoms with Gasteiger partial charge in [-0.3, -0.25) is 9.69 Å². The Balaban J connectivity index is 2.05. The third-order valence-electron chi connectivity index (χ3n) is 3.73. The van der Waals surface area contributed by atoms with Crippen LogP contribution in [0.3, 0.4) is 0 Å². The predicted octanol–water partition coefficient (Wildman–Crippen LogP) is 2.16. The molecule has 1 unspecified atom stereocenters. The van der Waals surface area contributed by atoms with Crippen LogP contribution < -0.4 is 5.32 Å². The fourth-order valence-corrected chi connectivity index (χ4v) is 2.88. The summed E-state index contributed by atoms with van der Waals surface area (Å²) in [5, 5.41) is 3.33. The SMILES string of the molecule is CCOC(=O)C(=O)NCC(c1cccc(Cl)c1)N1CCCC1. The third-order valence-corrected chi connectivity index (χ3v) is 3.97. The van der Waals surface area contributed by atoms with E-state index < -0.39 is 11.9 Å². The highest BCUT2D eigenvalue weighted by molar-refractivity contribution is 6.32. The number of likely N-dealkylation sites (tertiary alicyclic amines) is 1. The molecule has 1 atom stereocenters. The largest absolute Gasteiger partial charge is 0.459 e. The molecule has 0 spiro atoms. The molecule has 120 valence electrons. The number of hydrogen-bond donors (Lipinski definition) is 1. The van der Waals surface area contributed by atoms with Crippen LogP contribution in [0.25, 0.3) is 0 Å². The van der Waals surface area contributed by atoms with Gasteiger partial charge in [0.15, 0.2) is 0 Å². The second-order valence-corrected chi connectivity index (χ2v) is 5.68. The van der Waals surface area contributed by atoms with Gasteiger partial charge >= 0.3 is 11.9 Å². The van der Waals surface area contributed by atoms with E-state index in [2.05, 4.69) is 10.2 Å². The van der Waals surface area contributed by atoms with Gasteiger partial charge in [0.2, 0.25) is 0 Å². The molecule has 1 aromatic carbocycles. The number of benzene rings is 1. The van der Waals surface area contributed by atoms with Crippen molar-refractivity contribution < 1.29 is 14.3 Å². The zero-order valence-electron chi connectivity index (χ0n) is 12.7. The van der Waals surface area contributed by atoms with E-state index in [9.17, 15) is 9.59 Å². The predicted molar refractivity (Wildman–Crippen MR) is 84.6 cm³/mol. The molecule has 6 heteroatoms. The fourth-order valence-electron chi connectivity index (χ4n) is 2.68. The molecule has 1 aromatic rings. The van der Waals surface area contributed by atoms with Crippen LogP contribution in [0.2, 0.25) is 5.02 Å². The zero-order chi connectivity index (χ0) is 15.9. The molecule has 1 amide bonds. The summed E-state index contributed by atoms with van der Waals surface area (Å²) in [5.41, 5.74) is 1.04. The average Bonchev–Trinajstić information content (AvgIpc) is 3.01. The molecule has 1 saturated heterocycles. The summed E-state index contributed by atoms with van der Waals surface area (Å²) in [7, 11) is 0. The maximum absolute atomic E-state index is 11.7. The summed E-state index contributed by atoms with van der Waals surface area (Å²) in [6.45, 7) is 4.18. The number of carbonyl (C=O) groups excluding carboxylic acids is 2. The van der Waals surface area contributed by atoms with Crippen LogP contribution in [0.5, 0.6) is 0 Å². The van der Waals surface area contributed by atoms with Crippen LogP contribution in [0.15, 0.2) is 24.3 Å². The topological polar surface area (TPSA) is 58.6 Å². The Labute approximate surface area is 135 Å². The van der Waals surface area contributed by atoms with Gasteiger partial charge in [0.25, 0.3) is 0 Å². The molecule has 1 fully saturated rings. The van der Waals surface area contributed by atoms with Gasteiger partial charge in [-0.2, -0.15) is 0 Å². The maximum Gasteiger partial charge on any atom is 0.396 e. The van der Waals surface area contributed by atoms with Crippen LogP contribution in [-0.2, 0) is 14.3 Å². The van der Waals surface area contributed by atoms with Gasteiger partial charge in [0.1, 0.15) is 0 Å². The molecular weight excluding hydrogens is 304 g/mol. The zero-order valence-corrected chi connectivity index (χ0v) is 13.4. The summed E-state index contributed by atoms with van der Waals surface area (Å²) < 4.78 is 4.70. The van der Waals surface area contributed by atoms with Crippen molar-refractivity contribution in [3.63, 3.8) is 0 Å². The normalized spacial score (nSPS) is 16.3. The Morgan fingerprint density at radius 1 is 1.36 bits per heavy atom. The van der Waals surface area contributed by atoms with Crippen LogP contribution in [-0.4, -0.2) is 43.0 Å². The number of rotatable bonds is 5. The molecule has 22 heavy (non-hydrogen) atoms. The minimum absolute atomic E-state index is 0.0135. The van der Waals surface area contributed by atoms with Crippen molar-refractivity contribution in [3.05, 3.63) is 34.9 Å². The standard InChI is InChI=1S/C16H21ClN2O3/c1-2-22-16(21)15(20)18-11-14(19-8-3-4-9-19)12-6-5-7-13(17)10-12/h5-7,10,14H,2-4,8-9,11H2,1H3,(H,18,20). The number of amides is 1. The van der Waals surface area contributed by atoms with E-state index in [0.717, 1.165) is 31.5 Å². The van der Waals surface area contributed by atoms with E-state index in [4.69, 9.17) is 16.3 Å². The van der Waals surface area contributed by atoms with Crippen molar-refractivity contribution >= 4 is 23.5 Å². The quantitative estimate of drug-likeness (QED) is 0.666. The average molecular weight is 325 g/mol. The first-order chi connectivity index (χ1) is 10.6. The van der Waals surface area contributed by atoms with Gasteiger partial charge in [0.05, 0.1) is 12.6 Å². The molecule has 1 aliphatic rings. The van der Waals surface area contributed by atoms with Crippen molar-refractivity contribution in [2.45, 2.75) is 25.8 Å². The van der Waals surface area contributed by atoms with Crippen LogP contribution in [0, 0.1) is 0 Å². The molecular formula is C16H21ClN2O3. The summed E-state index contributed by atoms with van der Waals surface area (Å²) in [6.07, 6.45) is 2.28. The first-order valence-electron chi connectivity index (χ1n) is 7.56. The van der Waals surface area contributed by atoms with Gasteiger partial charge in [0, 0.05) is 11.6 Å². The first-order valence-corrected chi connectivity index (χ1v) is 7.94. The van der Waals surface area contributed by atoms with E-state index in [1.54, 1.807) is 6.92 Å². The van der Waals surface area contributed by atoms with E-state index in [1.807, 2.05) is 24.3 Å². The van der Waals surface area contributed by atoms with Crippen molar-refractivity contribution in [3.8, 4) is 0 Å². The van der Waals surface area contributed by atoms with Crippen LogP contribution >= 0.6 is 11.6 Å². The first kappa shape index (κ1) is 16.8. The summed E-state index contributed by atoms with van der Waals surface area (Å²) in [5.74, 6) is -1.54. The van der Waals surface area contributed by atoms with Crippen LogP contribution in [0.1, 0.15) is 31.4 Å². The molecule has 1 aliphatic heterocycles. The number of carbonyl (C=O) groups is 2. The van der Waals surface area contributed by atoms with Crippen LogP contribution in [0.4, 0.5) is 0 Å². The monoisotopic (exact) mass is 324 g/mol. The molecule has 0 aromatic heterocycles. The second-order valence-electron chi connectivity index (χ2n) is 5.24. The van der Waals surface area contributed by atoms with Crippen molar-refractivity contribution in [1.29, 1.82) is 0 Å². The number of nitrogens with zero attached hydrogens (tertiary/aromatic N) is 1. The molecule has 1 heterocycles. The summed E-state index contributed by atoms with van der Waals surface area (Å²) >= 11 is 6.07. The fraction of sp³-hybridized carbons (Fsp3) is 0.500. The Morgan fingerprint density at radius 3 is 2.73 bits per heavy atom. The number of hydrogen-bond acceptors (Lipinski definition) is 4. The minimum Gasteiger partial charge on any atom is -0.459 e. The highest BCUT2D eigenvalue weighted by atomic mass is 35.5. The maximum atomic E-state index is 11.7.